The molecular formula is C15H12N2O4S. The third-order valence-electron chi connectivity index (χ3n) is 3.31. The molecule has 3 rings (SSSR count). The molecule has 0 fully saturated rings. The Morgan fingerprint density at radius 1 is 1.09 bits per heavy atom. The molecule has 0 unspecified atom stereocenters. The van der Waals surface area contributed by atoms with Gasteiger partial charge in [0.15, 0.2) is 0 Å². The highest BCUT2D eigenvalue weighted by Gasteiger charge is 2.25. The zero-order valence-electron chi connectivity index (χ0n) is 11.3. The van der Waals surface area contributed by atoms with Crippen molar-refractivity contribution in [3.8, 4) is 5.75 Å². The number of carbonyl (C=O) groups excluding carboxylic acids is 1. The fourth-order valence-corrected chi connectivity index (χ4v) is 2.76. The highest BCUT2D eigenvalue weighted by Crippen LogP contribution is 2.34. The number of nitrogens with two attached hydrogens (primary N) is 1. The number of aromatic hydroxyl groups is 1. The van der Waals surface area contributed by atoms with Gasteiger partial charge in [0.2, 0.25) is 10.0 Å². The van der Waals surface area contributed by atoms with E-state index < -0.39 is 10.0 Å². The van der Waals surface area contributed by atoms with E-state index in [-0.39, 0.29) is 16.6 Å². The van der Waals surface area contributed by atoms with E-state index in [0.717, 1.165) is 0 Å². The van der Waals surface area contributed by atoms with Crippen LogP contribution in [0.25, 0.3) is 11.6 Å². The van der Waals surface area contributed by atoms with Crippen LogP contribution in [0.3, 0.4) is 0 Å². The first-order valence-electron chi connectivity index (χ1n) is 6.34. The number of anilines is 1. The van der Waals surface area contributed by atoms with Crippen molar-refractivity contribution in [1.82, 2.24) is 0 Å². The molecule has 0 saturated heterocycles. The summed E-state index contributed by atoms with van der Waals surface area (Å²) in [6.07, 6.45) is 1.62. The number of phenolic OH excluding ortho intramolecular Hbond substituents is 1. The SMILES string of the molecule is NS(=O)(=O)c1ccc2c(c1)/C(=C\c1ccc(O)cc1)C(=O)N2. The molecule has 1 aliphatic heterocycles. The molecular weight excluding hydrogens is 304 g/mol. The minimum atomic E-state index is -3.84. The smallest absolute Gasteiger partial charge is 0.256 e. The van der Waals surface area contributed by atoms with Gasteiger partial charge in [-0.25, -0.2) is 13.6 Å². The van der Waals surface area contributed by atoms with Gasteiger partial charge in [0.1, 0.15) is 5.75 Å². The van der Waals surface area contributed by atoms with Crippen molar-refractivity contribution in [2.75, 3.05) is 5.32 Å². The molecule has 2 aromatic rings. The average molecular weight is 316 g/mol. The van der Waals surface area contributed by atoms with Crippen LogP contribution >= 0.6 is 0 Å². The van der Waals surface area contributed by atoms with Crippen molar-refractivity contribution >= 4 is 33.3 Å². The third-order valence-corrected chi connectivity index (χ3v) is 4.22. The molecule has 4 N–H and O–H groups in total. The van der Waals surface area contributed by atoms with Gasteiger partial charge in [-0.05, 0) is 42.0 Å². The monoisotopic (exact) mass is 316 g/mol. The lowest BCUT2D eigenvalue weighted by Crippen LogP contribution is -2.12. The van der Waals surface area contributed by atoms with E-state index in [1.807, 2.05) is 0 Å². The molecule has 7 heteroatoms. The largest absolute Gasteiger partial charge is 0.508 e. The molecule has 0 aliphatic carbocycles. The van der Waals surface area contributed by atoms with Crippen LogP contribution in [0.5, 0.6) is 5.75 Å². The predicted octanol–water partition coefficient (Wildman–Crippen LogP) is 1.53. The summed E-state index contributed by atoms with van der Waals surface area (Å²) < 4.78 is 22.9. The number of phenols is 1. The Hall–Kier alpha value is -2.64. The van der Waals surface area contributed by atoms with E-state index in [2.05, 4.69) is 5.32 Å². The van der Waals surface area contributed by atoms with E-state index in [4.69, 9.17) is 5.14 Å². The molecule has 1 heterocycles. The summed E-state index contributed by atoms with van der Waals surface area (Å²) in [6.45, 7) is 0. The molecule has 0 spiro atoms. The molecule has 1 amide bonds. The second kappa shape index (κ2) is 4.97. The number of benzene rings is 2. The van der Waals surface area contributed by atoms with Crippen molar-refractivity contribution < 1.29 is 18.3 Å². The van der Waals surface area contributed by atoms with Gasteiger partial charge < -0.3 is 10.4 Å². The summed E-state index contributed by atoms with van der Waals surface area (Å²) in [4.78, 5) is 12.0. The van der Waals surface area contributed by atoms with Crippen LogP contribution in [0.1, 0.15) is 11.1 Å². The molecule has 0 atom stereocenters. The van der Waals surface area contributed by atoms with Gasteiger partial charge in [0.05, 0.1) is 4.90 Å². The molecule has 112 valence electrons. The Balaban J connectivity index is 2.12. The second-order valence-corrected chi connectivity index (χ2v) is 6.42. The Morgan fingerprint density at radius 2 is 1.77 bits per heavy atom. The fraction of sp³-hybridized carbons (Fsp3) is 0. The molecule has 0 bridgehead atoms. The van der Waals surface area contributed by atoms with Crippen molar-refractivity contribution in [3.05, 3.63) is 53.6 Å². The number of hydrogen-bond acceptors (Lipinski definition) is 4. The Bertz CT molecular complexity index is 900. The molecule has 22 heavy (non-hydrogen) atoms. The summed E-state index contributed by atoms with van der Waals surface area (Å²) in [6, 6.07) is 10.5. The molecule has 0 radical (unpaired) electrons. The second-order valence-electron chi connectivity index (χ2n) is 4.86. The summed E-state index contributed by atoms with van der Waals surface area (Å²) >= 11 is 0. The molecule has 0 saturated carbocycles. The Labute approximate surface area is 126 Å². The first kappa shape index (κ1) is 14.3. The maximum atomic E-state index is 12.1. The van der Waals surface area contributed by atoms with Crippen LogP contribution in [0.4, 0.5) is 5.69 Å². The van der Waals surface area contributed by atoms with E-state index >= 15 is 0 Å². The van der Waals surface area contributed by atoms with Crippen molar-refractivity contribution in [3.63, 3.8) is 0 Å². The summed E-state index contributed by atoms with van der Waals surface area (Å²) in [7, 11) is -3.84. The lowest BCUT2D eigenvalue weighted by molar-refractivity contribution is -0.110. The van der Waals surface area contributed by atoms with Crippen LogP contribution < -0.4 is 10.5 Å². The Morgan fingerprint density at radius 3 is 2.41 bits per heavy atom. The fourth-order valence-electron chi connectivity index (χ4n) is 2.22. The first-order chi connectivity index (χ1) is 10.3. The summed E-state index contributed by atoms with van der Waals surface area (Å²) in [5, 5.41) is 17.1. The van der Waals surface area contributed by atoms with Crippen LogP contribution in [-0.4, -0.2) is 19.4 Å². The highest BCUT2D eigenvalue weighted by atomic mass is 32.2. The molecule has 0 aromatic heterocycles. The van der Waals surface area contributed by atoms with Gasteiger partial charge in [-0.3, -0.25) is 4.79 Å². The van der Waals surface area contributed by atoms with Crippen LogP contribution in [0.15, 0.2) is 47.4 Å². The molecule has 2 aromatic carbocycles. The van der Waals surface area contributed by atoms with E-state index in [0.29, 0.717) is 22.4 Å². The summed E-state index contributed by atoms with van der Waals surface area (Å²) in [5.41, 5.74) is 2.05. The number of fused-ring (bicyclic) bond motifs is 1. The van der Waals surface area contributed by atoms with E-state index in [1.165, 1.54) is 30.3 Å². The van der Waals surface area contributed by atoms with Gasteiger partial charge in [-0.2, -0.15) is 0 Å². The standard InChI is InChI=1S/C15H12N2O4S/c16-22(20,21)11-5-6-14-12(8-11)13(15(19)17-14)7-9-1-3-10(18)4-2-9/h1-8,18H,(H,17,19)(H2,16,20,21)/b13-7+. The van der Waals surface area contributed by atoms with Crippen LogP contribution in [0, 0.1) is 0 Å². The highest BCUT2D eigenvalue weighted by molar-refractivity contribution is 7.89. The minimum Gasteiger partial charge on any atom is -0.508 e. The number of nitrogens with one attached hydrogen (secondary N) is 1. The van der Waals surface area contributed by atoms with Crippen LogP contribution in [0.2, 0.25) is 0 Å². The van der Waals surface area contributed by atoms with Crippen molar-refractivity contribution in [2.45, 2.75) is 4.90 Å². The number of hydrogen-bond donors (Lipinski definition) is 3. The maximum absolute atomic E-state index is 12.1. The lowest BCUT2D eigenvalue weighted by atomic mass is 10.0. The number of sulfonamides is 1. The Kier molecular flexibility index (Phi) is 3.23. The lowest BCUT2D eigenvalue weighted by Gasteiger charge is -2.03. The van der Waals surface area contributed by atoms with Gasteiger partial charge in [0.25, 0.3) is 5.91 Å². The normalized spacial score (nSPS) is 15.7. The molecule has 1 aliphatic rings. The van der Waals surface area contributed by atoms with Gasteiger partial charge in [-0.15, -0.1) is 0 Å². The zero-order chi connectivity index (χ0) is 15.9. The van der Waals surface area contributed by atoms with Crippen LogP contribution in [-0.2, 0) is 14.8 Å². The van der Waals surface area contributed by atoms with E-state index in [1.54, 1.807) is 18.2 Å². The maximum Gasteiger partial charge on any atom is 0.256 e. The molecule has 6 nitrogen and oxygen atoms in total. The minimum absolute atomic E-state index is 0.0562. The summed E-state index contributed by atoms with van der Waals surface area (Å²) in [5.74, 6) is -0.204. The topological polar surface area (TPSA) is 109 Å². The van der Waals surface area contributed by atoms with Crippen molar-refractivity contribution in [1.29, 1.82) is 0 Å². The van der Waals surface area contributed by atoms with Gasteiger partial charge in [-0.1, -0.05) is 12.1 Å². The van der Waals surface area contributed by atoms with Gasteiger partial charge in [0, 0.05) is 16.8 Å². The first-order valence-corrected chi connectivity index (χ1v) is 7.88. The van der Waals surface area contributed by atoms with Crippen molar-refractivity contribution in [2.24, 2.45) is 5.14 Å². The quantitative estimate of drug-likeness (QED) is 0.730. The number of amides is 1. The third kappa shape index (κ3) is 2.59. The zero-order valence-corrected chi connectivity index (χ0v) is 12.1. The average Bonchev–Trinajstić information content (AvgIpc) is 2.76. The van der Waals surface area contributed by atoms with E-state index in [9.17, 15) is 18.3 Å². The number of rotatable bonds is 2. The number of carbonyl (C=O) groups is 1. The number of primary sulfonamides is 1. The predicted molar refractivity (Wildman–Crippen MR) is 82.4 cm³/mol. The van der Waals surface area contributed by atoms with Gasteiger partial charge >= 0.3 is 0 Å².